The number of fused-ring (bicyclic) bond motifs is 4. The molecule has 31 heavy (non-hydrogen) atoms. The topological polar surface area (TPSA) is 70.7 Å². The summed E-state index contributed by atoms with van der Waals surface area (Å²) in [6, 6.07) is 9.48. The summed E-state index contributed by atoms with van der Waals surface area (Å²) in [5.74, 6) is -0.256. The Morgan fingerprint density at radius 3 is 2.87 bits per heavy atom. The molecule has 3 aliphatic heterocycles. The van der Waals surface area contributed by atoms with Gasteiger partial charge in [-0.1, -0.05) is 29.3 Å². The molecule has 7 heteroatoms. The summed E-state index contributed by atoms with van der Waals surface area (Å²) in [6.45, 7) is 4.86. The van der Waals surface area contributed by atoms with Gasteiger partial charge >= 0.3 is 0 Å². The summed E-state index contributed by atoms with van der Waals surface area (Å²) in [7, 11) is 1.55. The van der Waals surface area contributed by atoms with Crippen LogP contribution in [-0.4, -0.2) is 36.4 Å². The van der Waals surface area contributed by atoms with E-state index in [1.165, 1.54) is 0 Å². The molecule has 2 amide bonds. The van der Waals surface area contributed by atoms with Gasteiger partial charge < -0.3 is 15.4 Å². The van der Waals surface area contributed by atoms with E-state index in [1.54, 1.807) is 25.3 Å². The van der Waals surface area contributed by atoms with E-state index in [0.717, 1.165) is 41.8 Å². The molecule has 0 unspecified atom stereocenters. The monoisotopic (exact) mass is 439 g/mol. The lowest BCUT2D eigenvalue weighted by atomic mass is 9.77. The minimum absolute atomic E-state index is 0.0983. The maximum atomic E-state index is 13.7. The van der Waals surface area contributed by atoms with Gasteiger partial charge in [0.1, 0.15) is 11.3 Å². The number of aryl methyl sites for hydroxylation is 2. The van der Waals surface area contributed by atoms with Gasteiger partial charge in [0.05, 0.1) is 18.7 Å². The zero-order valence-electron chi connectivity index (χ0n) is 17.9. The lowest BCUT2D eigenvalue weighted by Gasteiger charge is -2.36. The second-order valence-corrected chi connectivity index (χ2v) is 9.27. The van der Waals surface area contributed by atoms with Crippen molar-refractivity contribution in [3.05, 3.63) is 52.0 Å². The molecule has 0 bridgehead atoms. The smallest absolute Gasteiger partial charge is 0.250 e. The number of ether oxygens (including phenoxy) is 1. The molecule has 2 N–H and O–H groups in total. The minimum Gasteiger partial charge on any atom is -0.495 e. The molecule has 2 aromatic carbocycles. The van der Waals surface area contributed by atoms with Crippen LogP contribution in [0.2, 0.25) is 5.02 Å². The molecule has 6 nitrogen and oxygen atoms in total. The van der Waals surface area contributed by atoms with E-state index >= 15 is 0 Å². The number of hydrogen-bond acceptors (Lipinski definition) is 4. The zero-order valence-corrected chi connectivity index (χ0v) is 18.7. The van der Waals surface area contributed by atoms with Crippen molar-refractivity contribution in [1.29, 1.82) is 0 Å². The summed E-state index contributed by atoms with van der Waals surface area (Å²) >= 11 is 6.16. The molecular weight excluding hydrogens is 414 g/mol. The number of hydrogen-bond donors (Lipinski definition) is 2. The fourth-order valence-corrected chi connectivity index (χ4v) is 6.05. The van der Waals surface area contributed by atoms with E-state index in [9.17, 15) is 9.59 Å². The third-order valence-electron chi connectivity index (χ3n) is 7.05. The van der Waals surface area contributed by atoms with Crippen molar-refractivity contribution >= 4 is 34.8 Å². The van der Waals surface area contributed by atoms with Gasteiger partial charge in [-0.25, -0.2) is 0 Å². The fourth-order valence-electron chi connectivity index (χ4n) is 5.88. The standard InChI is InChI=1S/C24H26ClN3O3/c1-13-9-14(2)21-17(10-13)24(23(30)27-21)18(12-16-5-4-8-28(16)24)22(29)26-19-11-15(25)6-7-20(19)31-3/h6-7,9-11,16,18H,4-5,8,12H2,1-3H3,(H,26,29)(H,27,30)/t16-,18-,24+/m1/s1. The number of benzene rings is 2. The Kier molecular flexibility index (Phi) is 4.75. The first-order valence-corrected chi connectivity index (χ1v) is 11.1. The van der Waals surface area contributed by atoms with Gasteiger partial charge in [0.2, 0.25) is 11.8 Å². The van der Waals surface area contributed by atoms with Crippen LogP contribution >= 0.6 is 11.6 Å². The number of rotatable bonds is 3. The van der Waals surface area contributed by atoms with E-state index < -0.39 is 11.5 Å². The van der Waals surface area contributed by atoms with Crippen molar-refractivity contribution in [2.75, 3.05) is 24.3 Å². The van der Waals surface area contributed by atoms with Gasteiger partial charge in [-0.3, -0.25) is 14.5 Å². The Balaban J connectivity index is 1.61. The van der Waals surface area contributed by atoms with Crippen LogP contribution < -0.4 is 15.4 Å². The number of methoxy groups -OCH3 is 1. The Hall–Kier alpha value is -2.57. The summed E-state index contributed by atoms with van der Waals surface area (Å²) in [5.41, 5.74) is 3.42. The van der Waals surface area contributed by atoms with E-state index in [-0.39, 0.29) is 17.9 Å². The summed E-state index contributed by atoms with van der Waals surface area (Å²) in [4.78, 5) is 29.6. The van der Waals surface area contributed by atoms with E-state index in [0.29, 0.717) is 22.9 Å². The van der Waals surface area contributed by atoms with Gasteiger partial charge in [0.15, 0.2) is 0 Å². The normalized spacial score (nSPS) is 26.6. The highest BCUT2D eigenvalue weighted by molar-refractivity contribution is 6.31. The van der Waals surface area contributed by atoms with E-state index in [1.807, 2.05) is 13.8 Å². The molecule has 3 aliphatic rings. The van der Waals surface area contributed by atoms with E-state index in [4.69, 9.17) is 16.3 Å². The molecule has 1 spiro atoms. The van der Waals surface area contributed by atoms with Gasteiger partial charge in [0.25, 0.3) is 0 Å². The molecule has 3 atom stereocenters. The fraction of sp³-hybridized carbons (Fsp3) is 0.417. The Bertz CT molecular complexity index is 1100. The number of halogens is 1. The van der Waals surface area contributed by atoms with E-state index in [2.05, 4.69) is 27.7 Å². The summed E-state index contributed by atoms with van der Waals surface area (Å²) in [5, 5.41) is 6.63. The lowest BCUT2D eigenvalue weighted by molar-refractivity contribution is -0.135. The molecule has 2 aromatic rings. The highest BCUT2D eigenvalue weighted by atomic mass is 35.5. The quantitative estimate of drug-likeness (QED) is 0.750. The van der Waals surface area contributed by atoms with Gasteiger partial charge in [-0.2, -0.15) is 0 Å². The molecule has 0 aromatic heterocycles. The van der Waals surface area contributed by atoms with Crippen LogP contribution in [0.5, 0.6) is 5.75 Å². The van der Waals surface area contributed by atoms with Gasteiger partial charge in [0, 0.05) is 22.3 Å². The van der Waals surface area contributed by atoms with Crippen molar-refractivity contribution in [2.45, 2.75) is 44.7 Å². The summed E-state index contributed by atoms with van der Waals surface area (Å²) in [6.07, 6.45) is 2.68. The van der Waals surface area contributed by atoms with Crippen molar-refractivity contribution in [3.8, 4) is 5.75 Å². The average Bonchev–Trinajstić information content (AvgIpc) is 3.37. The highest BCUT2D eigenvalue weighted by Gasteiger charge is 2.65. The number of nitrogens with zero attached hydrogens (tertiary/aromatic N) is 1. The first kappa shape index (κ1) is 20.3. The number of carbonyl (C=O) groups excluding carboxylic acids is 2. The van der Waals surface area contributed by atoms with Crippen molar-refractivity contribution < 1.29 is 14.3 Å². The van der Waals surface area contributed by atoms with Crippen LogP contribution in [-0.2, 0) is 15.1 Å². The number of anilines is 2. The molecule has 3 heterocycles. The predicted octanol–water partition coefficient (Wildman–Crippen LogP) is 4.24. The van der Waals surface area contributed by atoms with Crippen LogP contribution in [0.15, 0.2) is 30.3 Å². The number of amides is 2. The first-order chi connectivity index (χ1) is 14.9. The number of carbonyl (C=O) groups is 2. The van der Waals surface area contributed by atoms with Gasteiger partial charge in [-0.05, 0) is 63.4 Å². The zero-order chi connectivity index (χ0) is 21.9. The Labute approximate surface area is 186 Å². The Morgan fingerprint density at radius 1 is 1.29 bits per heavy atom. The Morgan fingerprint density at radius 2 is 2.10 bits per heavy atom. The van der Waals surface area contributed by atoms with Crippen LogP contribution in [0.3, 0.4) is 0 Å². The maximum absolute atomic E-state index is 13.7. The molecule has 162 valence electrons. The third-order valence-corrected chi connectivity index (χ3v) is 7.29. The van der Waals surface area contributed by atoms with Crippen molar-refractivity contribution in [2.24, 2.45) is 5.92 Å². The first-order valence-electron chi connectivity index (χ1n) is 10.7. The summed E-state index contributed by atoms with van der Waals surface area (Å²) < 4.78 is 5.40. The third kappa shape index (κ3) is 2.88. The SMILES string of the molecule is COc1ccc(Cl)cc1NC(=O)[C@H]1C[C@H]2CCCN2[C@]12C(=O)Nc1c(C)cc(C)cc12. The molecule has 0 aliphatic carbocycles. The van der Waals surface area contributed by atoms with Crippen LogP contribution in [0.25, 0.3) is 0 Å². The lowest BCUT2D eigenvalue weighted by Crippen LogP contribution is -2.53. The predicted molar refractivity (Wildman–Crippen MR) is 121 cm³/mol. The number of nitrogens with one attached hydrogen (secondary N) is 2. The average molecular weight is 440 g/mol. The molecule has 2 fully saturated rings. The molecular formula is C24H26ClN3O3. The molecule has 0 radical (unpaired) electrons. The highest BCUT2D eigenvalue weighted by Crippen LogP contribution is 2.56. The van der Waals surface area contributed by atoms with Crippen LogP contribution in [0.1, 0.15) is 36.0 Å². The van der Waals surface area contributed by atoms with Crippen LogP contribution in [0.4, 0.5) is 11.4 Å². The van der Waals surface area contributed by atoms with Crippen molar-refractivity contribution in [3.63, 3.8) is 0 Å². The molecule has 5 rings (SSSR count). The van der Waals surface area contributed by atoms with Crippen molar-refractivity contribution in [1.82, 2.24) is 4.90 Å². The maximum Gasteiger partial charge on any atom is 0.250 e. The van der Waals surface area contributed by atoms with Crippen LogP contribution in [0, 0.1) is 19.8 Å². The molecule has 2 saturated heterocycles. The largest absolute Gasteiger partial charge is 0.495 e. The minimum atomic E-state index is -0.983. The van der Waals surface area contributed by atoms with Gasteiger partial charge in [-0.15, -0.1) is 0 Å². The second-order valence-electron chi connectivity index (χ2n) is 8.84. The molecule has 0 saturated carbocycles. The second kappa shape index (κ2) is 7.24.